The molecule has 1 heterocycles. The molecule has 0 spiro atoms. The average molecular weight is 219 g/mol. The molecule has 0 aromatic carbocycles. The van der Waals surface area contributed by atoms with E-state index in [0.717, 1.165) is 0 Å². The van der Waals surface area contributed by atoms with E-state index in [1.54, 1.807) is 36.6 Å². The van der Waals surface area contributed by atoms with Crippen LogP contribution < -0.4 is 5.43 Å². The molecule has 1 radical (unpaired) electrons. The first-order valence-electron chi connectivity index (χ1n) is 3.98. The fraction of sp³-hybridized carbons (Fsp3) is 0.375. The number of aliphatic imine (C=N–C) groups is 1. The van der Waals surface area contributed by atoms with Crippen molar-refractivity contribution in [3.63, 3.8) is 0 Å². The number of nitrogens with one attached hydrogen (secondary N) is 1. The van der Waals surface area contributed by atoms with Crippen molar-refractivity contribution in [2.45, 2.75) is 6.92 Å². The van der Waals surface area contributed by atoms with Crippen LogP contribution in [0.5, 0.6) is 0 Å². The van der Waals surface area contributed by atoms with Crippen LogP contribution in [0.4, 0.5) is 0 Å². The molecule has 1 rings (SSSR count). The molecule has 0 bridgehead atoms. The molecule has 77 valence electrons. The molecular formula is C8H12N4NaO2. The van der Waals surface area contributed by atoms with Crippen LogP contribution in [-0.4, -0.2) is 60.5 Å². The summed E-state index contributed by atoms with van der Waals surface area (Å²) in [6, 6.07) is 0. The zero-order chi connectivity index (χ0) is 10.6. The summed E-state index contributed by atoms with van der Waals surface area (Å²) < 4.78 is 4.15. The fourth-order valence-corrected chi connectivity index (χ4v) is 0.590. The SMILES string of the molecule is CCOC=O.N#CNN1C=CC=NC1.[Na]. The van der Waals surface area contributed by atoms with E-state index in [4.69, 9.17) is 5.26 Å². The van der Waals surface area contributed by atoms with Crippen LogP contribution in [-0.2, 0) is 9.53 Å². The number of nitriles is 1. The Hall–Kier alpha value is -1.03. The van der Waals surface area contributed by atoms with E-state index in [1.807, 2.05) is 0 Å². The van der Waals surface area contributed by atoms with Gasteiger partial charge in [0.25, 0.3) is 6.47 Å². The Labute approximate surface area is 111 Å². The van der Waals surface area contributed by atoms with Gasteiger partial charge in [-0.05, 0) is 13.0 Å². The van der Waals surface area contributed by atoms with Gasteiger partial charge in [-0.15, -0.1) is 0 Å². The number of carbonyl (C=O) groups excluding carboxylic acids is 1. The van der Waals surface area contributed by atoms with E-state index >= 15 is 0 Å². The van der Waals surface area contributed by atoms with Crippen molar-refractivity contribution in [2.75, 3.05) is 13.3 Å². The third kappa shape index (κ3) is 10.9. The molecule has 0 amide bonds. The van der Waals surface area contributed by atoms with Gasteiger partial charge < -0.3 is 4.74 Å². The number of hydrazine groups is 1. The second-order valence-electron chi connectivity index (χ2n) is 2.06. The van der Waals surface area contributed by atoms with Crippen molar-refractivity contribution >= 4 is 42.2 Å². The first kappa shape index (κ1) is 16.4. The number of allylic oxidation sites excluding steroid dienone is 1. The van der Waals surface area contributed by atoms with E-state index in [0.29, 0.717) is 19.7 Å². The molecule has 0 aromatic rings. The van der Waals surface area contributed by atoms with Crippen molar-refractivity contribution < 1.29 is 9.53 Å². The van der Waals surface area contributed by atoms with Crippen molar-refractivity contribution in [2.24, 2.45) is 4.99 Å². The first-order chi connectivity index (χ1) is 6.85. The monoisotopic (exact) mass is 219 g/mol. The summed E-state index contributed by atoms with van der Waals surface area (Å²) in [5.41, 5.74) is 2.42. The van der Waals surface area contributed by atoms with Crippen molar-refractivity contribution in [1.29, 1.82) is 5.26 Å². The van der Waals surface area contributed by atoms with Crippen LogP contribution in [0.3, 0.4) is 0 Å². The Morgan fingerprint density at radius 2 is 2.53 bits per heavy atom. The molecule has 7 heteroatoms. The zero-order valence-electron chi connectivity index (χ0n) is 8.88. The van der Waals surface area contributed by atoms with Crippen LogP contribution in [0.15, 0.2) is 17.3 Å². The topological polar surface area (TPSA) is 77.7 Å². The molecule has 15 heavy (non-hydrogen) atoms. The van der Waals surface area contributed by atoms with Crippen molar-refractivity contribution in [3.05, 3.63) is 12.3 Å². The third-order valence-corrected chi connectivity index (χ3v) is 1.12. The molecule has 0 saturated heterocycles. The van der Waals surface area contributed by atoms with Crippen LogP contribution in [0, 0.1) is 11.5 Å². The number of nitrogens with zero attached hydrogens (tertiary/aromatic N) is 3. The number of hydrogen-bond acceptors (Lipinski definition) is 6. The Bertz CT molecular complexity index is 250. The Morgan fingerprint density at radius 3 is 2.87 bits per heavy atom. The maximum Gasteiger partial charge on any atom is 0.293 e. The summed E-state index contributed by atoms with van der Waals surface area (Å²) in [6.07, 6.45) is 6.98. The fourth-order valence-electron chi connectivity index (χ4n) is 0.590. The van der Waals surface area contributed by atoms with Crippen LogP contribution >= 0.6 is 0 Å². The molecule has 0 aromatic heterocycles. The number of ether oxygens (including phenoxy) is 1. The van der Waals surface area contributed by atoms with Gasteiger partial charge in [-0.1, -0.05) is 0 Å². The van der Waals surface area contributed by atoms with Crippen LogP contribution in [0.2, 0.25) is 0 Å². The predicted molar refractivity (Wildman–Crippen MR) is 56.5 cm³/mol. The van der Waals surface area contributed by atoms with Gasteiger partial charge >= 0.3 is 0 Å². The van der Waals surface area contributed by atoms with Gasteiger partial charge in [0.15, 0.2) is 6.19 Å². The van der Waals surface area contributed by atoms with E-state index in [9.17, 15) is 4.79 Å². The van der Waals surface area contributed by atoms with Gasteiger partial charge in [0, 0.05) is 42.0 Å². The summed E-state index contributed by atoms with van der Waals surface area (Å²) in [5, 5.41) is 9.71. The molecular weight excluding hydrogens is 207 g/mol. The maximum absolute atomic E-state index is 9.18. The Morgan fingerprint density at radius 1 is 1.80 bits per heavy atom. The van der Waals surface area contributed by atoms with Gasteiger partial charge in [0.2, 0.25) is 0 Å². The van der Waals surface area contributed by atoms with Crippen LogP contribution in [0.25, 0.3) is 0 Å². The minimum absolute atomic E-state index is 0. The average Bonchev–Trinajstić information content (AvgIpc) is 2.22. The molecule has 1 aliphatic rings. The van der Waals surface area contributed by atoms with Gasteiger partial charge in [-0.25, -0.2) is 5.43 Å². The third-order valence-electron chi connectivity index (χ3n) is 1.12. The summed E-state index contributed by atoms with van der Waals surface area (Å²) in [6.45, 7) is 3.17. The predicted octanol–water partition coefficient (Wildman–Crippen LogP) is -0.372. The van der Waals surface area contributed by atoms with E-state index < -0.39 is 0 Å². The van der Waals surface area contributed by atoms with Gasteiger partial charge in [-0.2, -0.15) is 5.26 Å². The Balaban J connectivity index is 0. The summed E-state index contributed by atoms with van der Waals surface area (Å²) >= 11 is 0. The minimum Gasteiger partial charge on any atom is -0.468 e. The standard InChI is InChI=1S/C5H6N4.C3H6O2.Na/c6-4-8-9-3-1-2-7-5-9;1-2-5-3-4;/h1-3,8H,5H2;3H,2H2,1H3;. The minimum atomic E-state index is 0. The van der Waals surface area contributed by atoms with Gasteiger partial charge in [0.1, 0.15) is 6.67 Å². The maximum atomic E-state index is 9.18. The number of hydrogen-bond donors (Lipinski definition) is 1. The van der Waals surface area contributed by atoms with E-state index in [2.05, 4.69) is 15.2 Å². The normalized spacial score (nSPS) is 11.3. The zero-order valence-corrected chi connectivity index (χ0v) is 10.9. The molecule has 0 saturated carbocycles. The van der Waals surface area contributed by atoms with Crippen LogP contribution in [0.1, 0.15) is 6.92 Å². The number of rotatable bonds is 3. The molecule has 6 nitrogen and oxygen atoms in total. The Kier molecular flexibility index (Phi) is 14.2. The number of carbonyl (C=O) groups is 1. The molecule has 0 unspecified atom stereocenters. The second-order valence-corrected chi connectivity index (χ2v) is 2.06. The quantitative estimate of drug-likeness (QED) is 0.303. The van der Waals surface area contributed by atoms with Gasteiger partial charge in [-0.3, -0.25) is 14.8 Å². The van der Waals surface area contributed by atoms with Crippen molar-refractivity contribution in [1.82, 2.24) is 10.4 Å². The van der Waals surface area contributed by atoms with E-state index in [-0.39, 0.29) is 29.6 Å². The largest absolute Gasteiger partial charge is 0.468 e. The van der Waals surface area contributed by atoms with Gasteiger partial charge in [0.05, 0.1) is 6.61 Å². The molecule has 0 fully saturated rings. The van der Waals surface area contributed by atoms with Crippen molar-refractivity contribution in [3.8, 4) is 6.19 Å². The molecule has 0 aliphatic carbocycles. The molecule has 0 atom stereocenters. The summed E-state index contributed by atoms with van der Waals surface area (Å²) in [4.78, 5) is 13.1. The summed E-state index contributed by atoms with van der Waals surface area (Å²) in [5.74, 6) is 0. The first-order valence-corrected chi connectivity index (χ1v) is 3.98. The summed E-state index contributed by atoms with van der Waals surface area (Å²) in [7, 11) is 0. The molecule has 1 aliphatic heterocycles. The van der Waals surface area contributed by atoms with E-state index in [1.165, 1.54) is 0 Å². The molecule has 1 N–H and O–H groups in total. The second kappa shape index (κ2) is 13.0. The smallest absolute Gasteiger partial charge is 0.293 e.